The monoisotopic (exact) mass is 293 g/mol. The van der Waals surface area contributed by atoms with Crippen LogP contribution in [-0.2, 0) is 6.42 Å². The summed E-state index contributed by atoms with van der Waals surface area (Å²) in [7, 11) is 0. The Morgan fingerprint density at radius 3 is 2.65 bits per heavy atom. The SMILES string of the molecule is OC1CCCc2nc(N3CCN(CC4CC4)CC3)sc21. The molecule has 4 nitrogen and oxygen atoms in total. The van der Waals surface area contributed by atoms with Crippen LogP contribution in [0.15, 0.2) is 0 Å². The minimum atomic E-state index is -0.263. The highest BCUT2D eigenvalue weighted by atomic mass is 32.1. The fourth-order valence-corrected chi connectivity index (χ4v) is 4.49. The second kappa shape index (κ2) is 5.28. The first-order valence-electron chi connectivity index (χ1n) is 7.94. The van der Waals surface area contributed by atoms with E-state index in [1.165, 1.54) is 32.5 Å². The topological polar surface area (TPSA) is 39.6 Å². The molecule has 0 spiro atoms. The van der Waals surface area contributed by atoms with Crippen LogP contribution in [0.4, 0.5) is 5.13 Å². The normalized spacial score (nSPS) is 27.6. The number of fused-ring (bicyclic) bond motifs is 1. The molecule has 1 atom stereocenters. The van der Waals surface area contributed by atoms with Gasteiger partial charge in [-0.25, -0.2) is 4.98 Å². The van der Waals surface area contributed by atoms with Gasteiger partial charge in [-0.2, -0.15) is 0 Å². The van der Waals surface area contributed by atoms with E-state index in [1.54, 1.807) is 11.3 Å². The van der Waals surface area contributed by atoms with E-state index in [-0.39, 0.29) is 6.10 Å². The average molecular weight is 293 g/mol. The number of anilines is 1. The predicted molar refractivity (Wildman–Crippen MR) is 81.4 cm³/mol. The molecule has 0 aromatic carbocycles. The van der Waals surface area contributed by atoms with Crippen LogP contribution < -0.4 is 4.90 Å². The van der Waals surface area contributed by atoms with Gasteiger partial charge in [0.1, 0.15) is 0 Å². The van der Waals surface area contributed by atoms with Crippen LogP contribution in [0.3, 0.4) is 0 Å². The van der Waals surface area contributed by atoms with Crippen molar-refractivity contribution in [2.75, 3.05) is 37.6 Å². The lowest BCUT2D eigenvalue weighted by molar-refractivity contribution is 0.160. The summed E-state index contributed by atoms with van der Waals surface area (Å²) in [6, 6.07) is 0. The number of aliphatic hydroxyl groups excluding tert-OH is 1. The van der Waals surface area contributed by atoms with E-state index < -0.39 is 0 Å². The molecule has 20 heavy (non-hydrogen) atoms. The van der Waals surface area contributed by atoms with Crippen LogP contribution in [0, 0.1) is 5.92 Å². The van der Waals surface area contributed by atoms with Crippen molar-refractivity contribution < 1.29 is 5.11 Å². The molecule has 3 aliphatic rings. The van der Waals surface area contributed by atoms with E-state index in [1.807, 2.05) is 0 Å². The number of rotatable bonds is 3. The van der Waals surface area contributed by atoms with Gasteiger partial charge in [-0.1, -0.05) is 11.3 Å². The second-order valence-corrected chi connectivity index (χ2v) is 7.46. The minimum absolute atomic E-state index is 0.263. The van der Waals surface area contributed by atoms with Crippen LogP contribution >= 0.6 is 11.3 Å². The number of nitrogens with zero attached hydrogens (tertiary/aromatic N) is 3. The maximum Gasteiger partial charge on any atom is 0.185 e. The lowest BCUT2D eigenvalue weighted by Gasteiger charge is -2.34. The Hall–Kier alpha value is -0.650. The molecule has 2 fully saturated rings. The van der Waals surface area contributed by atoms with Crippen LogP contribution in [0.5, 0.6) is 0 Å². The Kier molecular flexibility index (Phi) is 3.44. The zero-order valence-corrected chi connectivity index (χ0v) is 12.7. The Morgan fingerprint density at radius 2 is 1.95 bits per heavy atom. The quantitative estimate of drug-likeness (QED) is 0.926. The average Bonchev–Trinajstić information content (AvgIpc) is 3.16. The van der Waals surface area contributed by atoms with Crippen LogP contribution in [0.2, 0.25) is 0 Å². The minimum Gasteiger partial charge on any atom is -0.388 e. The van der Waals surface area contributed by atoms with Crippen LogP contribution in [0.25, 0.3) is 0 Å². The van der Waals surface area contributed by atoms with Crippen LogP contribution in [0.1, 0.15) is 42.4 Å². The molecule has 0 radical (unpaired) electrons. The summed E-state index contributed by atoms with van der Waals surface area (Å²) in [5, 5.41) is 11.2. The Bertz CT molecular complexity index is 477. The lowest BCUT2D eigenvalue weighted by atomic mass is 10.0. The van der Waals surface area contributed by atoms with Gasteiger partial charge in [-0.05, 0) is 38.0 Å². The number of hydrogen-bond acceptors (Lipinski definition) is 5. The summed E-state index contributed by atoms with van der Waals surface area (Å²) in [6.45, 7) is 5.83. The molecular weight excluding hydrogens is 270 g/mol. The summed E-state index contributed by atoms with van der Waals surface area (Å²) in [5.74, 6) is 0.990. The van der Waals surface area contributed by atoms with Crippen molar-refractivity contribution in [1.29, 1.82) is 0 Å². The molecule has 110 valence electrons. The van der Waals surface area contributed by atoms with Gasteiger partial charge >= 0.3 is 0 Å². The molecule has 0 amide bonds. The van der Waals surface area contributed by atoms with Gasteiger partial charge in [-0.15, -0.1) is 0 Å². The number of thiazole rings is 1. The number of aryl methyl sites for hydroxylation is 1. The molecule has 1 aliphatic heterocycles. The zero-order valence-electron chi connectivity index (χ0n) is 11.9. The molecule has 1 unspecified atom stereocenters. The number of piperazine rings is 1. The fraction of sp³-hybridized carbons (Fsp3) is 0.800. The molecule has 5 heteroatoms. The fourth-order valence-electron chi connectivity index (χ4n) is 3.31. The molecule has 1 N–H and O–H groups in total. The van der Waals surface area contributed by atoms with Gasteiger partial charge in [0.05, 0.1) is 16.7 Å². The second-order valence-electron chi connectivity index (χ2n) is 6.45. The number of aromatic nitrogens is 1. The number of hydrogen-bond donors (Lipinski definition) is 1. The number of aliphatic hydroxyl groups is 1. The molecule has 0 bridgehead atoms. The molecule has 2 heterocycles. The van der Waals surface area contributed by atoms with Gasteiger partial charge in [0.2, 0.25) is 0 Å². The highest BCUT2D eigenvalue weighted by molar-refractivity contribution is 7.15. The smallest absolute Gasteiger partial charge is 0.185 e. The van der Waals surface area contributed by atoms with Crippen molar-refractivity contribution in [2.24, 2.45) is 5.92 Å². The molecule has 1 saturated carbocycles. The molecule has 2 aliphatic carbocycles. The summed E-state index contributed by atoms with van der Waals surface area (Å²) < 4.78 is 0. The van der Waals surface area contributed by atoms with Crippen molar-refractivity contribution in [3.63, 3.8) is 0 Å². The van der Waals surface area contributed by atoms with Crippen LogP contribution in [-0.4, -0.2) is 47.7 Å². The van der Waals surface area contributed by atoms with Gasteiger partial charge in [-0.3, -0.25) is 4.90 Å². The predicted octanol–water partition coefficient (Wildman–Crippen LogP) is 2.04. The van der Waals surface area contributed by atoms with Crippen molar-refractivity contribution >= 4 is 16.5 Å². The maximum absolute atomic E-state index is 10.1. The highest BCUT2D eigenvalue weighted by Gasteiger charge is 2.28. The van der Waals surface area contributed by atoms with Crippen molar-refractivity contribution in [1.82, 2.24) is 9.88 Å². The van der Waals surface area contributed by atoms with Gasteiger partial charge < -0.3 is 10.0 Å². The van der Waals surface area contributed by atoms with Crippen molar-refractivity contribution in [3.8, 4) is 0 Å². The first-order valence-corrected chi connectivity index (χ1v) is 8.76. The molecule has 1 saturated heterocycles. The van der Waals surface area contributed by atoms with Gasteiger partial charge in [0, 0.05) is 32.7 Å². The van der Waals surface area contributed by atoms with Gasteiger partial charge in [0.15, 0.2) is 5.13 Å². The third-order valence-electron chi connectivity index (χ3n) is 4.77. The molecule has 4 rings (SSSR count). The summed E-state index contributed by atoms with van der Waals surface area (Å²) in [6.07, 6.45) is 5.65. The maximum atomic E-state index is 10.1. The Morgan fingerprint density at radius 1 is 1.15 bits per heavy atom. The molecular formula is C15H23N3OS. The van der Waals surface area contributed by atoms with E-state index in [0.717, 1.165) is 54.0 Å². The molecule has 1 aromatic rings. The first-order chi connectivity index (χ1) is 9.79. The standard InChI is InChI=1S/C15H23N3OS/c19-13-3-1-2-12-14(13)20-15(16-12)18-8-6-17(7-9-18)10-11-4-5-11/h11,13,19H,1-10H2. The summed E-state index contributed by atoms with van der Waals surface area (Å²) in [4.78, 5) is 10.9. The van der Waals surface area contributed by atoms with E-state index in [4.69, 9.17) is 4.98 Å². The summed E-state index contributed by atoms with van der Waals surface area (Å²) in [5.41, 5.74) is 1.16. The third kappa shape index (κ3) is 2.59. The first kappa shape index (κ1) is 13.0. The van der Waals surface area contributed by atoms with E-state index in [0.29, 0.717) is 0 Å². The van der Waals surface area contributed by atoms with Crippen molar-refractivity contribution in [3.05, 3.63) is 10.6 Å². The third-order valence-corrected chi connectivity index (χ3v) is 6.03. The largest absolute Gasteiger partial charge is 0.388 e. The molecule has 1 aromatic heterocycles. The highest BCUT2D eigenvalue weighted by Crippen LogP contribution is 2.37. The Labute approximate surface area is 124 Å². The Balaban J connectivity index is 1.41. The van der Waals surface area contributed by atoms with E-state index >= 15 is 0 Å². The van der Waals surface area contributed by atoms with Gasteiger partial charge in [0.25, 0.3) is 0 Å². The van der Waals surface area contributed by atoms with Crippen molar-refractivity contribution in [2.45, 2.75) is 38.2 Å². The van der Waals surface area contributed by atoms with E-state index in [9.17, 15) is 5.11 Å². The summed E-state index contributed by atoms with van der Waals surface area (Å²) >= 11 is 1.72. The zero-order chi connectivity index (χ0) is 13.5. The van der Waals surface area contributed by atoms with E-state index in [2.05, 4.69) is 9.80 Å². The lowest BCUT2D eigenvalue weighted by Crippen LogP contribution is -2.47.